The highest BCUT2D eigenvalue weighted by atomic mass is 127. The molecule has 1 aliphatic heterocycles. The number of nitrogens with zero attached hydrogens (tertiary/aromatic N) is 3. The number of guanidine groups is 1. The molecule has 3 aromatic rings. The number of aliphatic imine (C=N–C) groups is 1. The zero-order valence-electron chi connectivity index (χ0n) is 19.0. The summed E-state index contributed by atoms with van der Waals surface area (Å²) in [7, 11) is 1.82. The molecule has 33 heavy (non-hydrogen) atoms. The van der Waals surface area contributed by atoms with E-state index in [0.29, 0.717) is 6.54 Å². The van der Waals surface area contributed by atoms with Crippen molar-refractivity contribution in [2.24, 2.45) is 4.99 Å². The Labute approximate surface area is 212 Å². The Kier molecular flexibility index (Phi) is 7.57. The maximum Gasteiger partial charge on any atom is 0.191 e. The lowest BCUT2D eigenvalue weighted by atomic mass is 9.86. The Morgan fingerprint density at radius 2 is 1.88 bits per heavy atom. The topological polar surface area (TPSA) is 63.5 Å². The molecule has 1 aromatic heterocycles. The van der Waals surface area contributed by atoms with Crippen molar-refractivity contribution >= 4 is 29.9 Å². The number of fused-ring (bicyclic) bond motifs is 1. The van der Waals surface area contributed by atoms with Crippen LogP contribution in [0.4, 0.5) is 0 Å². The van der Waals surface area contributed by atoms with Crippen molar-refractivity contribution in [2.45, 2.75) is 56.8 Å². The van der Waals surface area contributed by atoms with Crippen molar-refractivity contribution in [2.75, 3.05) is 7.05 Å². The second-order valence-electron chi connectivity index (χ2n) is 8.81. The van der Waals surface area contributed by atoms with Crippen molar-refractivity contribution in [3.05, 3.63) is 83.9 Å². The number of hydrogen-bond donors (Lipinski definition) is 2. The highest BCUT2D eigenvalue weighted by molar-refractivity contribution is 14.0. The SMILES string of the molecule is CN=C(NCc1nccn1Cc1ccccc1)NC1CC2(CCCC2)Oc2ccccc21.I. The number of benzene rings is 2. The first kappa shape index (κ1) is 23.6. The number of rotatable bonds is 5. The van der Waals surface area contributed by atoms with Crippen LogP contribution in [0.1, 0.15) is 55.1 Å². The Bertz CT molecular complexity index is 1080. The van der Waals surface area contributed by atoms with Gasteiger partial charge in [-0.1, -0.05) is 48.5 Å². The molecular formula is C26H32IN5O. The fourth-order valence-electron chi connectivity index (χ4n) is 5.03. The number of para-hydroxylation sites is 1. The van der Waals surface area contributed by atoms with Crippen LogP contribution in [-0.4, -0.2) is 28.2 Å². The summed E-state index contributed by atoms with van der Waals surface area (Å²) in [5.74, 6) is 2.78. The van der Waals surface area contributed by atoms with Crippen LogP contribution in [0.3, 0.4) is 0 Å². The van der Waals surface area contributed by atoms with Crippen molar-refractivity contribution in [1.29, 1.82) is 0 Å². The summed E-state index contributed by atoms with van der Waals surface area (Å²) in [6.07, 6.45) is 9.59. The Hall–Kier alpha value is -2.55. The van der Waals surface area contributed by atoms with Crippen LogP contribution >= 0.6 is 24.0 Å². The molecule has 1 fully saturated rings. The Balaban J connectivity index is 0.00000259. The highest BCUT2D eigenvalue weighted by Gasteiger charge is 2.43. The van der Waals surface area contributed by atoms with Crippen molar-refractivity contribution in [3.63, 3.8) is 0 Å². The molecule has 2 aliphatic rings. The van der Waals surface area contributed by atoms with E-state index in [1.165, 1.54) is 24.0 Å². The van der Waals surface area contributed by atoms with Crippen LogP contribution < -0.4 is 15.4 Å². The van der Waals surface area contributed by atoms with Gasteiger partial charge in [-0.3, -0.25) is 4.99 Å². The van der Waals surface area contributed by atoms with E-state index in [1.807, 2.05) is 25.5 Å². The summed E-state index contributed by atoms with van der Waals surface area (Å²) < 4.78 is 8.68. The molecule has 0 radical (unpaired) electrons. The van der Waals surface area contributed by atoms with E-state index in [2.05, 4.69) is 73.7 Å². The van der Waals surface area contributed by atoms with Crippen LogP contribution in [0.5, 0.6) is 5.75 Å². The first-order valence-electron chi connectivity index (χ1n) is 11.5. The molecule has 7 heteroatoms. The van der Waals surface area contributed by atoms with E-state index in [9.17, 15) is 0 Å². The molecule has 2 N–H and O–H groups in total. The molecule has 0 saturated heterocycles. The van der Waals surface area contributed by atoms with Crippen molar-refractivity contribution in [1.82, 2.24) is 20.2 Å². The van der Waals surface area contributed by atoms with E-state index < -0.39 is 0 Å². The van der Waals surface area contributed by atoms with Crippen LogP contribution in [0.25, 0.3) is 0 Å². The van der Waals surface area contributed by atoms with Crippen LogP contribution in [-0.2, 0) is 13.1 Å². The van der Waals surface area contributed by atoms with Gasteiger partial charge in [-0.15, -0.1) is 24.0 Å². The molecule has 1 unspecified atom stereocenters. The summed E-state index contributed by atoms with van der Waals surface area (Å²) in [6.45, 7) is 1.41. The van der Waals surface area contributed by atoms with Gasteiger partial charge in [0.15, 0.2) is 5.96 Å². The fourth-order valence-corrected chi connectivity index (χ4v) is 5.03. The van der Waals surface area contributed by atoms with Gasteiger partial charge in [-0.25, -0.2) is 4.98 Å². The second-order valence-corrected chi connectivity index (χ2v) is 8.81. The lowest BCUT2D eigenvalue weighted by molar-refractivity contribution is 0.0396. The molecule has 5 rings (SSSR count). The second kappa shape index (κ2) is 10.6. The van der Waals surface area contributed by atoms with E-state index in [0.717, 1.165) is 43.3 Å². The summed E-state index contributed by atoms with van der Waals surface area (Å²) in [4.78, 5) is 9.06. The number of aromatic nitrogens is 2. The quantitative estimate of drug-likeness (QED) is 0.262. The Morgan fingerprint density at radius 1 is 1.12 bits per heavy atom. The van der Waals surface area contributed by atoms with Gasteiger partial charge in [0.2, 0.25) is 0 Å². The molecule has 2 aromatic carbocycles. The summed E-state index contributed by atoms with van der Waals surface area (Å²) in [6, 6.07) is 19.0. The molecule has 1 saturated carbocycles. The van der Waals surface area contributed by atoms with Gasteiger partial charge in [0, 0.05) is 38.0 Å². The average molecular weight is 557 g/mol. The van der Waals surface area contributed by atoms with E-state index in [4.69, 9.17) is 4.74 Å². The zero-order valence-corrected chi connectivity index (χ0v) is 21.4. The summed E-state index contributed by atoms with van der Waals surface area (Å²) in [5, 5.41) is 7.14. The molecule has 2 heterocycles. The molecule has 6 nitrogen and oxygen atoms in total. The van der Waals surface area contributed by atoms with Gasteiger partial charge in [0.05, 0.1) is 12.6 Å². The minimum atomic E-state index is -0.0448. The molecule has 0 amide bonds. The normalized spacial score (nSPS) is 18.8. The lowest BCUT2D eigenvalue weighted by Crippen LogP contribution is -2.46. The molecule has 1 spiro atoms. The maximum atomic E-state index is 6.50. The molecule has 0 bridgehead atoms. The third-order valence-electron chi connectivity index (χ3n) is 6.66. The molecule has 174 valence electrons. The number of imidazole rings is 1. The fraction of sp³-hybridized carbons (Fsp3) is 0.385. The van der Waals surface area contributed by atoms with Gasteiger partial charge < -0.3 is 19.9 Å². The third kappa shape index (κ3) is 5.34. The largest absolute Gasteiger partial charge is 0.487 e. The van der Waals surface area contributed by atoms with Gasteiger partial charge >= 0.3 is 0 Å². The smallest absolute Gasteiger partial charge is 0.191 e. The maximum absolute atomic E-state index is 6.50. The summed E-state index contributed by atoms with van der Waals surface area (Å²) >= 11 is 0. The highest BCUT2D eigenvalue weighted by Crippen LogP contribution is 2.46. The van der Waals surface area contributed by atoms with Gasteiger partial charge in [0.25, 0.3) is 0 Å². The minimum absolute atomic E-state index is 0. The average Bonchev–Trinajstić information content (AvgIpc) is 3.46. The molecule has 1 atom stereocenters. The third-order valence-corrected chi connectivity index (χ3v) is 6.66. The Morgan fingerprint density at radius 3 is 2.67 bits per heavy atom. The molecule has 1 aliphatic carbocycles. The number of hydrogen-bond acceptors (Lipinski definition) is 3. The number of ether oxygens (including phenoxy) is 1. The van der Waals surface area contributed by atoms with Crippen LogP contribution in [0, 0.1) is 0 Å². The predicted molar refractivity (Wildman–Crippen MR) is 142 cm³/mol. The molecular weight excluding hydrogens is 525 g/mol. The van der Waals surface area contributed by atoms with Crippen molar-refractivity contribution < 1.29 is 4.74 Å². The van der Waals surface area contributed by atoms with Crippen LogP contribution in [0.15, 0.2) is 72.0 Å². The predicted octanol–water partition coefficient (Wildman–Crippen LogP) is 5.05. The van der Waals surface area contributed by atoms with E-state index in [-0.39, 0.29) is 35.6 Å². The minimum Gasteiger partial charge on any atom is -0.487 e. The zero-order chi connectivity index (χ0) is 21.8. The standard InChI is InChI=1S/C26H31N5O.HI/c1-27-25(29-18-24-28-15-16-31(24)19-20-9-3-2-4-10-20)30-22-17-26(13-7-8-14-26)32-23-12-6-5-11-21(22)23;/h2-6,9-12,15-16,22H,7-8,13-14,17-19H2,1H3,(H2,27,29,30);1H. The first-order valence-corrected chi connectivity index (χ1v) is 11.5. The monoisotopic (exact) mass is 557 g/mol. The van der Waals surface area contributed by atoms with Crippen LogP contribution in [0.2, 0.25) is 0 Å². The van der Waals surface area contributed by atoms with Gasteiger partial charge in [-0.2, -0.15) is 0 Å². The van der Waals surface area contributed by atoms with Crippen molar-refractivity contribution in [3.8, 4) is 5.75 Å². The number of halogens is 1. The van der Waals surface area contributed by atoms with E-state index in [1.54, 1.807) is 0 Å². The first-order chi connectivity index (χ1) is 15.7. The number of nitrogens with one attached hydrogen (secondary N) is 2. The lowest BCUT2D eigenvalue weighted by Gasteiger charge is -2.40. The van der Waals surface area contributed by atoms with Gasteiger partial charge in [0.1, 0.15) is 17.2 Å². The van der Waals surface area contributed by atoms with E-state index >= 15 is 0 Å². The summed E-state index contributed by atoms with van der Waals surface area (Å²) in [5.41, 5.74) is 2.42. The van der Waals surface area contributed by atoms with Gasteiger partial charge in [-0.05, 0) is 37.3 Å².